The molecule has 1 unspecified atom stereocenters. The van der Waals surface area contributed by atoms with Gasteiger partial charge in [0.05, 0.1) is 5.25 Å². The Balaban J connectivity index is 2.03. The third kappa shape index (κ3) is 3.07. The molecule has 0 aromatic heterocycles. The van der Waals surface area contributed by atoms with Gasteiger partial charge in [-0.1, -0.05) is 23.9 Å². The third-order valence-corrected chi connectivity index (χ3v) is 3.33. The number of guanidine groups is 1. The molecule has 2 rings (SSSR count). The lowest BCUT2D eigenvalue weighted by atomic mass is 10.1. The van der Waals surface area contributed by atoms with Gasteiger partial charge in [0, 0.05) is 0 Å². The predicted octanol–water partition coefficient (Wildman–Crippen LogP) is 0.640. The lowest BCUT2D eigenvalue weighted by Gasteiger charge is -2.05. The van der Waals surface area contributed by atoms with Crippen LogP contribution in [-0.4, -0.2) is 22.3 Å². The van der Waals surface area contributed by atoms with Gasteiger partial charge >= 0.3 is 0 Å². The average Bonchev–Trinajstić information content (AvgIpc) is 2.61. The highest BCUT2D eigenvalue weighted by Gasteiger charge is 2.28. The van der Waals surface area contributed by atoms with Gasteiger partial charge in [0.1, 0.15) is 5.82 Å². The van der Waals surface area contributed by atoms with Crippen molar-refractivity contribution in [1.29, 1.82) is 0 Å². The fourth-order valence-corrected chi connectivity index (χ4v) is 2.48. The van der Waals surface area contributed by atoms with Crippen molar-refractivity contribution >= 4 is 28.8 Å². The maximum Gasteiger partial charge on any atom is 0.262 e. The van der Waals surface area contributed by atoms with E-state index in [1.807, 2.05) is 0 Å². The molecule has 0 radical (unpaired) electrons. The molecule has 1 aliphatic heterocycles. The van der Waals surface area contributed by atoms with E-state index in [0.717, 1.165) is 5.56 Å². The van der Waals surface area contributed by atoms with Gasteiger partial charge < -0.3 is 11.5 Å². The summed E-state index contributed by atoms with van der Waals surface area (Å²) in [5.41, 5.74) is 11.3. The van der Waals surface area contributed by atoms with Crippen molar-refractivity contribution in [3.05, 3.63) is 35.6 Å². The van der Waals surface area contributed by atoms with Gasteiger partial charge in [-0.25, -0.2) is 4.39 Å². The number of nitrogens with two attached hydrogens (primary N) is 2. The van der Waals surface area contributed by atoms with E-state index in [-0.39, 0.29) is 28.1 Å². The van der Waals surface area contributed by atoms with Crippen LogP contribution in [0.4, 0.5) is 4.39 Å². The van der Waals surface area contributed by atoms with Crippen molar-refractivity contribution in [2.75, 3.05) is 0 Å². The number of hydrogen-bond acceptors (Lipinski definition) is 3. The Morgan fingerprint density at radius 2 is 2.06 bits per heavy atom. The number of carbonyl (C=O) groups excluding carboxylic acids is 1. The van der Waals surface area contributed by atoms with E-state index >= 15 is 0 Å². The number of rotatable bonds is 2. The van der Waals surface area contributed by atoms with Crippen molar-refractivity contribution in [3.8, 4) is 0 Å². The van der Waals surface area contributed by atoms with E-state index in [9.17, 15) is 9.18 Å². The normalized spacial score (nSPS) is 18.6. The van der Waals surface area contributed by atoms with Gasteiger partial charge in [-0.2, -0.15) is 9.98 Å². The van der Waals surface area contributed by atoms with E-state index in [4.69, 9.17) is 11.5 Å². The van der Waals surface area contributed by atoms with Gasteiger partial charge in [-0.15, -0.1) is 0 Å². The predicted molar refractivity (Wildman–Crippen MR) is 69.7 cm³/mol. The third-order valence-electron chi connectivity index (χ3n) is 2.29. The number of halogens is 1. The summed E-state index contributed by atoms with van der Waals surface area (Å²) >= 11 is 1.21. The van der Waals surface area contributed by atoms with Crippen LogP contribution in [-0.2, 0) is 11.2 Å². The van der Waals surface area contributed by atoms with Crippen molar-refractivity contribution < 1.29 is 9.18 Å². The van der Waals surface area contributed by atoms with Crippen molar-refractivity contribution in [1.82, 2.24) is 0 Å². The lowest BCUT2D eigenvalue weighted by molar-refractivity contribution is -0.117. The maximum atomic E-state index is 12.7. The highest BCUT2D eigenvalue weighted by molar-refractivity contribution is 8.15. The van der Waals surface area contributed by atoms with E-state index in [0.29, 0.717) is 6.42 Å². The topological polar surface area (TPSA) is 93.8 Å². The highest BCUT2D eigenvalue weighted by Crippen LogP contribution is 2.26. The average molecular weight is 266 g/mol. The molecule has 18 heavy (non-hydrogen) atoms. The Hall–Kier alpha value is -1.89. The van der Waals surface area contributed by atoms with Crippen LogP contribution in [0, 0.1) is 5.82 Å². The van der Waals surface area contributed by atoms with Crippen LogP contribution in [0.2, 0.25) is 0 Å². The van der Waals surface area contributed by atoms with Crippen molar-refractivity contribution in [3.63, 3.8) is 0 Å². The van der Waals surface area contributed by atoms with Crippen LogP contribution < -0.4 is 11.5 Å². The number of benzene rings is 1. The standard InChI is InChI=1S/C11H11FN4OS/c12-7-3-1-6(2-4-7)5-8-9(17)15-11(18-8)16-10(13)14/h1-4,8H,5H2,(H4,13,14,15,16,17). The minimum Gasteiger partial charge on any atom is -0.370 e. The largest absolute Gasteiger partial charge is 0.370 e. The molecule has 1 heterocycles. The smallest absolute Gasteiger partial charge is 0.262 e. The summed E-state index contributed by atoms with van der Waals surface area (Å²) in [5, 5.41) is -0.0827. The summed E-state index contributed by atoms with van der Waals surface area (Å²) in [4.78, 5) is 19.1. The minimum absolute atomic E-state index is 0.128. The minimum atomic E-state index is -0.353. The first-order valence-electron chi connectivity index (χ1n) is 5.18. The van der Waals surface area contributed by atoms with E-state index < -0.39 is 0 Å². The summed E-state index contributed by atoms with van der Waals surface area (Å²) in [7, 11) is 0. The summed E-state index contributed by atoms with van der Waals surface area (Å²) in [6.45, 7) is 0. The van der Waals surface area contributed by atoms with Gasteiger partial charge in [-0.3, -0.25) is 4.79 Å². The summed E-state index contributed by atoms with van der Waals surface area (Å²) < 4.78 is 12.7. The second kappa shape index (κ2) is 5.18. The van der Waals surface area contributed by atoms with E-state index in [1.54, 1.807) is 12.1 Å². The molecule has 0 bridgehead atoms. The van der Waals surface area contributed by atoms with E-state index in [2.05, 4.69) is 9.98 Å². The second-order valence-corrected chi connectivity index (χ2v) is 4.88. The number of thioether (sulfide) groups is 1. The number of hydrogen-bond donors (Lipinski definition) is 2. The van der Waals surface area contributed by atoms with Gasteiger partial charge in [-0.05, 0) is 24.1 Å². The number of carbonyl (C=O) groups is 1. The van der Waals surface area contributed by atoms with Gasteiger partial charge in [0.25, 0.3) is 5.91 Å². The molecule has 1 aromatic rings. The van der Waals surface area contributed by atoms with Crippen LogP contribution in [0.15, 0.2) is 34.3 Å². The number of amidine groups is 1. The molecule has 5 nitrogen and oxygen atoms in total. The summed E-state index contributed by atoms with van der Waals surface area (Å²) in [6.07, 6.45) is 0.469. The second-order valence-electron chi connectivity index (χ2n) is 3.71. The maximum absolute atomic E-state index is 12.7. The van der Waals surface area contributed by atoms with Crippen LogP contribution in [0.5, 0.6) is 0 Å². The summed E-state index contributed by atoms with van der Waals surface area (Å²) in [6, 6.07) is 6.00. The van der Waals surface area contributed by atoms with Crippen LogP contribution in [0.3, 0.4) is 0 Å². The molecular formula is C11H11FN4OS. The molecule has 0 saturated heterocycles. The van der Waals surface area contributed by atoms with Crippen LogP contribution >= 0.6 is 11.8 Å². The number of aliphatic imine (C=N–C) groups is 2. The first kappa shape index (κ1) is 12.6. The SMILES string of the molecule is NC(N)=NC1=NC(=O)C(Cc2ccc(F)cc2)S1. The fraction of sp³-hybridized carbons (Fsp3) is 0.182. The molecule has 1 aliphatic rings. The van der Waals surface area contributed by atoms with E-state index in [1.165, 1.54) is 23.9 Å². The molecule has 94 valence electrons. The molecular weight excluding hydrogens is 255 g/mol. The Bertz CT molecular complexity index is 522. The molecule has 1 amide bonds. The molecule has 0 spiro atoms. The quantitative estimate of drug-likeness (QED) is 0.606. The zero-order valence-corrected chi connectivity index (χ0v) is 10.2. The van der Waals surface area contributed by atoms with Crippen molar-refractivity contribution in [2.45, 2.75) is 11.7 Å². The molecule has 0 fully saturated rings. The van der Waals surface area contributed by atoms with Gasteiger partial charge in [0.2, 0.25) is 0 Å². The zero-order chi connectivity index (χ0) is 13.1. The van der Waals surface area contributed by atoms with Crippen LogP contribution in [0.25, 0.3) is 0 Å². The molecule has 0 aliphatic carbocycles. The monoisotopic (exact) mass is 266 g/mol. The number of amides is 1. The first-order valence-corrected chi connectivity index (χ1v) is 6.06. The molecule has 4 N–H and O–H groups in total. The molecule has 0 saturated carbocycles. The first-order chi connectivity index (χ1) is 8.54. The lowest BCUT2D eigenvalue weighted by Crippen LogP contribution is -2.23. The Morgan fingerprint density at radius 3 is 2.67 bits per heavy atom. The molecule has 1 atom stereocenters. The Kier molecular flexibility index (Phi) is 3.61. The van der Waals surface area contributed by atoms with Crippen molar-refractivity contribution in [2.24, 2.45) is 21.5 Å². The molecule has 7 heteroatoms. The highest BCUT2D eigenvalue weighted by atomic mass is 32.2. The Morgan fingerprint density at radius 1 is 1.39 bits per heavy atom. The molecule has 1 aromatic carbocycles. The Labute approximate surface area is 107 Å². The number of nitrogens with zero attached hydrogens (tertiary/aromatic N) is 2. The fourth-order valence-electron chi connectivity index (χ4n) is 1.50. The van der Waals surface area contributed by atoms with Gasteiger partial charge in [0.15, 0.2) is 11.1 Å². The summed E-state index contributed by atoms with van der Waals surface area (Å²) in [5.74, 6) is -0.706. The van der Waals surface area contributed by atoms with Crippen LogP contribution in [0.1, 0.15) is 5.56 Å². The zero-order valence-electron chi connectivity index (χ0n) is 9.34.